The first kappa shape index (κ1) is 29.8. The third kappa shape index (κ3) is 7.94. The zero-order chi connectivity index (χ0) is 27.9. The van der Waals surface area contributed by atoms with Gasteiger partial charge in [0.15, 0.2) is 0 Å². The predicted octanol–water partition coefficient (Wildman–Crippen LogP) is 5.29. The first-order valence-corrected chi connectivity index (χ1v) is 15.1. The minimum atomic E-state index is -0.169. The largest absolute Gasteiger partial charge is 0.462 e. The number of hydrogen-bond acceptors (Lipinski definition) is 7. The summed E-state index contributed by atoms with van der Waals surface area (Å²) >= 11 is 0. The molecule has 4 aliphatic rings. The zero-order valence-electron chi connectivity index (χ0n) is 25.3. The Hall–Kier alpha value is -1.18. The number of esters is 2. The van der Waals surface area contributed by atoms with Crippen LogP contribution in [0.4, 0.5) is 0 Å². The molecule has 0 radical (unpaired) electrons. The van der Waals surface area contributed by atoms with Crippen LogP contribution in [0.15, 0.2) is 0 Å². The Labute approximate surface area is 230 Å². The average molecular weight is 535 g/mol. The first-order chi connectivity index (χ1) is 17.5. The van der Waals surface area contributed by atoms with Crippen molar-refractivity contribution in [2.45, 2.75) is 160 Å². The van der Waals surface area contributed by atoms with Gasteiger partial charge in [0.05, 0.1) is 24.5 Å². The van der Waals surface area contributed by atoms with Gasteiger partial charge in [-0.1, -0.05) is 0 Å². The highest BCUT2D eigenvalue weighted by atomic mass is 16.6. The molecule has 0 aromatic rings. The van der Waals surface area contributed by atoms with Gasteiger partial charge in [-0.15, -0.1) is 0 Å². The van der Waals surface area contributed by atoms with Crippen molar-refractivity contribution < 1.29 is 23.8 Å². The molecule has 2 atom stereocenters. The second-order valence-corrected chi connectivity index (χ2v) is 15.5. The Morgan fingerprint density at radius 1 is 0.605 bits per heavy atom. The molecule has 0 aromatic heterocycles. The van der Waals surface area contributed by atoms with Gasteiger partial charge in [0, 0.05) is 47.8 Å². The highest BCUT2D eigenvalue weighted by Gasteiger charge is 2.43. The lowest BCUT2D eigenvalue weighted by molar-refractivity contribution is -0.167. The van der Waals surface area contributed by atoms with Crippen molar-refractivity contribution in [1.29, 1.82) is 0 Å². The van der Waals surface area contributed by atoms with Crippen LogP contribution < -0.4 is 10.6 Å². The Morgan fingerprint density at radius 3 is 1.39 bits per heavy atom. The summed E-state index contributed by atoms with van der Waals surface area (Å²) in [6.45, 7) is 17.9. The molecule has 2 N–H and O–H groups in total. The van der Waals surface area contributed by atoms with Crippen LogP contribution in [0, 0.1) is 17.8 Å². The fourth-order valence-corrected chi connectivity index (χ4v) is 8.20. The molecular weight excluding hydrogens is 480 g/mol. The summed E-state index contributed by atoms with van der Waals surface area (Å²) in [4.78, 5) is 26.0. The summed E-state index contributed by atoms with van der Waals surface area (Å²) in [7, 11) is 0. The van der Waals surface area contributed by atoms with Gasteiger partial charge in [0.1, 0.15) is 12.2 Å². The van der Waals surface area contributed by atoms with Crippen molar-refractivity contribution in [1.82, 2.24) is 10.6 Å². The Kier molecular flexibility index (Phi) is 8.63. The third-order valence-electron chi connectivity index (χ3n) is 9.15. The second-order valence-electron chi connectivity index (χ2n) is 15.5. The van der Waals surface area contributed by atoms with E-state index in [1.54, 1.807) is 0 Å². The van der Waals surface area contributed by atoms with Crippen molar-refractivity contribution in [3.8, 4) is 0 Å². The molecule has 4 fully saturated rings. The molecule has 1 saturated carbocycles. The molecule has 2 unspecified atom stereocenters. The van der Waals surface area contributed by atoms with Crippen LogP contribution in [0.3, 0.4) is 0 Å². The van der Waals surface area contributed by atoms with Gasteiger partial charge in [0.25, 0.3) is 0 Å². The zero-order valence-corrected chi connectivity index (χ0v) is 25.3. The van der Waals surface area contributed by atoms with Gasteiger partial charge in [0.2, 0.25) is 0 Å². The molecule has 3 saturated heterocycles. The fraction of sp³-hybridized carbons (Fsp3) is 0.935. The number of piperidine rings is 2. The maximum atomic E-state index is 13.0. The van der Waals surface area contributed by atoms with Gasteiger partial charge in [-0.3, -0.25) is 9.59 Å². The number of hydrogen-bond donors (Lipinski definition) is 2. The van der Waals surface area contributed by atoms with E-state index < -0.39 is 0 Å². The average Bonchev–Trinajstić information content (AvgIpc) is 2.75. The summed E-state index contributed by atoms with van der Waals surface area (Å²) in [6.07, 6.45) is 8.90. The van der Waals surface area contributed by atoms with E-state index in [4.69, 9.17) is 14.2 Å². The number of carbonyl (C=O) groups is 2. The molecule has 4 rings (SSSR count). The van der Waals surface area contributed by atoms with Crippen molar-refractivity contribution in [2.24, 2.45) is 17.8 Å². The van der Waals surface area contributed by atoms with Crippen LogP contribution in [-0.2, 0) is 23.8 Å². The van der Waals surface area contributed by atoms with Crippen molar-refractivity contribution in [3.63, 3.8) is 0 Å². The fourth-order valence-electron chi connectivity index (χ4n) is 8.20. The lowest BCUT2D eigenvalue weighted by Gasteiger charge is -2.46. The predicted molar refractivity (Wildman–Crippen MR) is 149 cm³/mol. The quantitative estimate of drug-likeness (QED) is 0.463. The summed E-state index contributed by atoms with van der Waals surface area (Å²) in [5.41, 5.74) is -0.165. The lowest BCUT2D eigenvalue weighted by Crippen LogP contribution is -2.60. The third-order valence-corrected chi connectivity index (χ3v) is 9.15. The van der Waals surface area contributed by atoms with E-state index in [0.29, 0.717) is 12.5 Å². The normalized spacial score (nSPS) is 35.3. The van der Waals surface area contributed by atoms with Crippen LogP contribution in [0.1, 0.15) is 120 Å². The molecule has 3 heterocycles. The highest BCUT2D eigenvalue weighted by Crippen LogP contribution is 2.38. The SMILES string of the molecule is CC1(C)CC(OC(=O)C2CCC(C3CCC(C(=O)OC4CC(C)(C)NC(C)(C)C4)CO3)CC2)CC(C)(C)N1. The van der Waals surface area contributed by atoms with Crippen LogP contribution in [0.25, 0.3) is 0 Å². The van der Waals surface area contributed by atoms with Crippen LogP contribution in [-0.4, -0.2) is 59.0 Å². The molecule has 0 bridgehead atoms. The smallest absolute Gasteiger partial charge is 0.311 e. The summed E-state index contributed by atoms with van der Waals surface area (Å²) < 4.78 is 18.3. The number of ether oxygens (including phenoxy) is 3. The number of rotatable bonds is 5. The molecule has 7 nitrogen and oxygen atoms in total. The summed E-state index contributed by atoms with van der Waals surface area (Å²) in [5, 5.41) is 7.30. The molecule has 0 amide bonds. The number of carbonyl (C=O) groups excluding carboxylic acids is 2. The van der Waals surface area contributed by atoms with E-state index in [1.165, 1.54) is 0 Å². The Morgan fingerprint density at radius 2 is 1.00 bits per heavy atom. The topological polar surface area (TPSA) is 85.9 Å². The van der Waals surface area contributed by atoms with E-state index in [1.807, 2.05) is 0 Å². The van der Waals surface area contributed by atoms with Gasteiger partial charge in [-0.25, -0.2) is 0 Å². The molecular formula is C31H54N2O5. The maximum Gasteiger partial charge on any atom is 0.311 e. The Balaban J connectivity index is 1.19. The minimum absolute atomic E-state index is 0.00263. The monoisotopic (exact) mass is 534 g/mol. The lowest BCUT2D eigenvalue weighted by atomic mass is 9.77. The maximum absolute atomic E-state index is 13.0. The second kappa shape index (κ2) is 11.0. The molecule has 3 aliphatic heterocycles. The summed E-state index contributed by atoms with van der Waals surface area (Å²) in [6, 6.07) is 0. The first-order valence-electron chi connectivity index (χ1n) is 15.1. The van der Waals surface area contributed by atoms with Gasteiger partial charge < -0.3 is 24.8 Å². The van der Waals surface area contributed by atoms with Gasteiger partial charge in [-0.2, -0.15) is 0 Å². The van der Waals surface area contributed by atoms with Gasteiger partial charge >= 0.3 is 11.9 Å². The highest BCUT2D eigenvalue weighted by molar-refractivity contribution is 5.73. The summed E-state index contributed by atoms with van der Waals surface area (Å²) in [5.74, 6) is 0.171. The van der Waals surface area contributed by atoms with Gasteiger partial charge in [-0.05, 0) is 99.8 Å². The van der Waals surface area contributed by atoms with Crippen LogP contribution >= 0.6 is 0 Å². The molecule has 218 valence electrons. The molecule has 0 aromatic carbocycles. The molecule has 1 aliphatic carbocycles. The van der Waals surface area contributed by atoms with Crippen molar-refractivity contribution in [3.05, 3.63) is 0 Å². The van der Waals surface area contributed by atoms with Crippen LogP contribution in [0.5, 0.6) is 0 Å². The van der Waals surface area contributed by atoms with E-state index in [9.17, 15) is 9.59 Å². The minimum Gasteiger partial charge on any atom is -0.462 e. The van der Waals surface area contributed by atoms with E-state index in [2.05, 4.69) is 66.0 Å². The van der Waals surface area contributed by atoms with Crippen molar-refractivity contribution >= 4 is 11.9 Å². The standard InChI is InChI=1S/C31H54N2O5/c1-28(2)15-23(16-29(3,4)32-28)37-26(34)21-11-9-20(10-12-21)25-14-13-22(19-36-25)27(35)38-24-17-30(5,6)33-31(7,8)18-24/h20-25,32-33H,9-19H2,1-8H3. The Bertz CT molecular complexity index is 748. The van der Waals surface area contributed by atoms with E-state index >= 15 is 0 Å². The van der Waals surface area contributed by atoms with E-state index in [0.717, 1.165) is 64.2 Å². The molecule has 0 spiro atoms. The van der Waals surface area contributed by atoms with E-state index in [-0.39, 0.29) is 64.2 Å². The molecule has 7 heteroatoms. The van der Waals surface area contributed by atoms with Crippen molar-refractivity contribution in [2.75, 3.05) is 6.61 Å². The molecule has 38 heavy (non-hydrogen) atoms. The van der Waals surface area contributed by atoms with Crippen LogP contribution in [0.2, 0.25) is 0 Å². The number of nitrogens with one attached hydrogen (secondary N) is 2.